The Hall–Kier alpha value is -2.66. The molecule has 0 bridgehead atoms. The van der Waals surface area contributed by atoms with Crippen LogP contribution < -0.4 is 5.32 Å². The number of rotatable bonds is 5. The maximum atomic E-state index is 5.81. The third kappa shape index (κ3) is 3.67. The highest BCUT2D eigenvalue weighted by Crippen LogP contribution is 2.42. The summed E-state index contributed by atoms with van der Waals surface area (Å²) in [5.41, 5.74) is 6.17. The van der Waals surface area contributed by atoms with Crippen LogP contribution in [0.25, 0.3) is 0 Å². The molecule has 0 saturated carbocycles. The average molecular weight is 405 g/mol. The van der Waals surface area contributed by atoms with E-state index in [9.17, 15) is 0 Å². The summed E-state index contributed by atoms with van der Waals surface area (Å²) in [6.45, 7) is 9.65. The van der Waals surface area contributed by atoms with Crippen molar-refractivity contribution in [2.45, 2.75) is 52.4 Å². The van der Waals surface area contributed by atoms with Gasteiger partial charge in [0.25, 0.3) is 0 Å². The SMILES string of the molecule is Cc1cc(C2C(c3ccccn3)NC(=S)N2Cc2ccccc2)c(C)n1C(C)C. The molecule has 5 heteroatoms. The minimum absolute atomic E-state index is 0.0218. The number of benzene rings is 1. The van der Waals surface area contributed by atoms with Crippen LogP contribution in [-0.4, -0.2) is 19.6 Å². The summed E-state index contributed by atoms with van der Waals surface area (Å²) >= 11 is 5.81. The molecule has 1 aliphatic rings. The largest absolute Gasteiger partial charge is 0.352 e. The lowest BCUT2D eigenvalue weighted by atomic mass is 9.96. The number of nitrogens with one attached hydrogen (secondary N) is 1. The summed E-state index contributed by atoms with van der Waals surface area (Å²) in [6.07, 6.45) is 1.86. The van der Waals surface area contributed by atoms with E-state index < -0.39 is 0 Å². The van der Waals surface area contributed by atoms with Gasteiger partial charge in [-0.1, -0.05) is 36.4 Å². The van der Waals surface area contributed by atoms with Crippen LogP contribution >= 0.6 is 12.2 Å². The van der Waals surface area contributed by atoms with Crippen molar-refractivity contribution < 1.29 is 0 Å². The summed E-state index contributed by atoms with van der Waals surface area (Å²) in [5, 5.41) is 4.34. The highest BCUT2D eigenvalue weighted by atomic mass is 32.1. The van der Waals surface area contributed by atoms with Crippen LogP contribution in [0.4, 0.5) is 0 Å². The molecule has 29 heavy (non-hydrogen) atoms. The van der Waals surface area contributed by atoms with Crippen LogP contribution in [0.3, 0.4) is 0 Å². The monoisotopic (exact) mass is 404 g/mol. The van der Waals surface area contributed by atoms with E-state index in [4.69, 9.17) is 12.2 Å². The first kappa shape index (κ1) is 19.6. The first-order valence-corrected chi connectivity index (χ1v) is 10.6. The molecule has 0 aliphatic carbocycles. The van der Waals surface area contributed by atoms with Gasteiger partial charge in [0.1, 0.15) is 0 Å². The number of aromatic nitrogens is 2. The number of pyridine rings is 1. The third-order valence-electron chi connectivity index (χ3n) is 5.75. The Morgan fingerprint density at radius 3 is 2.41 bits per heavy atom. The number of hydrogen-bond donors (Lipinski definition) is 1. The highest BCUT2D eigenvalue weighted by molar-refractivity contribution is 7.80. The Bertz CT molecular complexity index is 994. The van der Waals surface area contributed by atoms with Gasteiger partial charge in [0.15, 0.2) is 5.11 Å². The lowest BCUT2D eigenvalue weighted by Crippen LogP contribution is -2.29. The average Bonchev–Trinajstić information content (AvgIpc) is 3.19. The van der Waals surface area contributed by atoms with Crippen molar-refractivity contribution in [1.82, 2.24) is 19.8 Å². The van der Waals surface area contributed by atoms with Crippen molar-refractivity contribution in [1.29, 1.82) is 0 Å². The van der Waals surface area contributed by atoms with Gasteiger partial charge in [-0.3, -0.25) is 4.98 Å². The van der Waals surface area contributed by atoms with Crippen LogP contribution in [0.1, 0.15) is 60.2 Å². The van der Waals surface area contributed by atoms with Gasteiger partial charge >= 0.3 is 0 Å². The van der Waals surface area contributed by atoms with Gasteiger partial charge < -0.3 is 14.8 Å². The van der Waals surface area contributed by atoms with Crippen LogP contribution in [0.5, 0.6) is 0 Å². The summed E-state index contributed by atoms with van der Waals surface area (Å²) < 4.78 is 2.41. The topological polar surface area (TPSA) is 33.1 Å². The van der Waals surface area contributed by atoms with Gasteiger partial charge in [-0.05, 0) is 69.2 Å². The molecule has 4 nitrogen and oxygen atoms in total. The molecule has 1 N–H and O–H groups in total. The molecule has 150 valence electrons. The quantitative estimate of drug-likeness (QED) is 0.589. The van der Waals surface area contributed by atoms with E-state index in [-0.39, 0.29) is 12.1 Å². The zero-order valence-corrected chi connectivity index (χ0v) is 18.3. The first-order chi connectivity index (χ1) is 14.0. The Labute approximate surface area is 178 Å². The molecule has 3 heterocycles. The Morgan fingerprint density at radius 1 is 1.07 bits per heavy atom. The zero-order valence-electron chi connectivity index (χ0n) is 17.5. The van der Waals surface area contributed by atoms with E-state index in [0.29, 0.717) is 6.04 Å². The second-order valence-electron chi connectivity index (χ2n) is 8.03. The Balaban J connectivity index is 1.81. The highest BCUT2D eigenvalue weighted by Gasteiger charge is 2.41. The summed E-state index contributed by atoms with van der Waals surface area (Å²) in [4.78, 5) is 6.97. The minimum atomic E-state index is 0.0218. The molecule has 4 rings (SSSR count). The number of aryl methyl sites for hydroxylation is 1. The van der Waals surface area contributed by atoms with Crippen molar-refractivity contribution in [3.8, 4) is 0 Å². The van der Waals surface area contributed by atoms with Crippen LogP contribution in [0.15, 0.2) is 60.8 Å². The van der Waals surface area contributed by atoms with Crippen molar-refractivity contribution in [3.05, 3.63) is 89.0 Å². The second-order valence-corrected chi connectivity index (χ2v) is 8.42. The summed E-state index contributed by atoms with van der Waals surface area (Å²) in [6, 6.07) is 19.5. The van der Waals surface area contributed by atoms with E-state index >= 15 is 0 Å². The predicted molar refractivity (Wildman–Crippen MR) is 122 cm³/mol. The van der Waals surface area contributed by atoms with Gasteiger partial charge in [0.2, 0.25) is 0 Å². The lowest BCUT2D eigenvalue weighted by molar-refractivity contribution is 0.309. The van der Waals surface area contributed by atoms with Gasteiger partial charge in [-0.2, -0.15) is 0 Å². The van der Waals surface area contributed by atoms with Gasteiger partial charge in [0, 0.05) is 30.2 Å². The molecule has 0 radical (unpaired) electrons. The van der Waals surface area contributed by atoms with Gasteiger partial charge in [0.05, 0.1) is 17.8 Å². The molecule has 1 aromatic carbocycles. The normalized spacial score (nSPS) is 19.1. The molecule has 0 spiro atoms. The molecular weight excluding hydrogens is 376 g/mol. The fourth-order valence-electron chi connectivity index (χ4n) is 4.59. The van der Waals surface area contributed by atoms with Gasteiger partial charge in [-0.25, -0.2) is 0 Å². The molecule has 1 fully saturated rings. The molecule has 1 aliphatic heterocycles. The van der Waals surface area contributed by atoms with E-state index in [2.05, 4.69) is 89.9 Å². The Kier molecular flexibility index (Phi) is 5.41. The number of thiocarbonyl (C=S) groups is 1. The maximum absolute atomic E-state index is 5.81. The van der Waals surface area contributed by atoms with E-state index in [1.807, 2.05) is 18.3 Å². The van der Waals surface area contributed by atoms with Crippen LogP contribution in [0, 0.1) is 13.8 Å². The molecule has 0 amide bonds. The van der Waals surface area contributed by atoms with E-state index in [1.165, 1.54) is 22.5 Å². The molecular formula is C24H28N4S. The standard InChI is InChI=1S/C24H28N4S/c1-16(2)28-17(3)14-20(18(28)4)23-22(21-12-8-9-13-25-21)26-24(29)27(23)15-19-10-6-5-7-11-19/h5-14,16,22-23H,15H2,1-4H3,(H,26,29). The zero-order chi connectivity index (χ0) is 20.5. The summed E-state index contributed by atoms with van der Waals surface area (Å²) in [5.74, 6) is 0. The minimum Gasteiger partial charge on any atom is -0.352 e. The third-order valence-corrected chi connectivity index (χ3v) is 6.10. The smallest absolute Gasteiger partial charge is 0.170 e. The Morgan fingerprint density at radius 2 is 1.79 bits per heavy atom. The van der Waals surface area contributed by atoms with E-state index in [1.54, 1.807) is 0 Å². The van der Waals surface area contributed by atoms with Crippen molar-refractivity contribution in [2.24, 2.45) is 0 Å². The van der Waals surface area contributed by atoms with Crippen LogP contribution in [0.2, 0.25) is 0 Å². The summed E-state index contributed by atoms with van der Waals surface area (Å²) in [7, 11) is 0. The first-order valence-electron chi connectivity index (χ1n) is 10.2. The molecule has 3 aromatic rings. The van der Waals surface area contributed by atoms with Crippen LogP contribution in [-0.2, 0) is 6.54 Å². The van der Waals surface area contributed by atoms with Crippen molar-refractivity contribution in [2.75, 3.05) is 0 Å². The van der Waals surface area contributed by atoms with E-state index in [0.717, 1.165) is 17.4 Å². The molecule has 1 saturated heterocycles. The molecule has 2 atom stereocenters. The van der Waals surface area contributed by atoms with Crippen molar-refractivity contribution in [3.63, 3.8) is 0 Å². The number of hydrogen-bond acceptors (Lipinski definition) is 2. The predicted octanol–water partition coefficient (Wildman–Crippen LogP) is 5.25. The second kappa shape index (κ2) is 7.99. The van der Waals surface area contributed by atoms with Gasteiger partial charge in [-0.15, -0.1) is 0 Å². The fraction of sp³-hybridized carbons (Fsp3) is 0.333. The molecule has 2 unspecified atom stereocenters. The van der Waals surface area contributed by atoms with Crippen molar-refractivity contribution >= 4 is 17.3 Å². The lowest BCUT2D eigenvalue weighted by Gasteiger charge is -2.28. The molecule has 2 aromatic heterocycles. The fourth-order valence-corrected chi connectivity index (χ4v) is 4.90. The maximum Gasteiger partial charge on any atom is 0.170 e. The number of nitrogens with zero attached hydrogens (tertiary/aromatic N) is 3.